The van der Waals surface area contributed by atoms with Gasteiger partial charge in [0.05, 0.1) is 11.5 Å². The van der Waals surface area contributed by atoms with Crippen LogP contribution >= 0.6 is 0 Å². The van der Waals surface area contributed by atoms with E-state index in [0.29, 0.717) is 0 Å². The quantitative estimate of drug-likeness (QED) is 0.227. The van der Waals surface area contributed by atoms with Crippen molar-refractivity contribution in [1.29, 1.82) is 0 Å². The van der Waals surface area contributed by atoms with Crippen LogP contribution in [0, 0.1) is 6.92 Å². The number of hydrogen-bond acceptors (Lipinski definition) is 3. The summed E-state index contributed by atoms with van der Waals surface area (Å²) in [5.41, 5.74) is 2.42. The Balaban J connectivity index is 1.46. The molecule has 4 heteroatoms. The van der Waals surface area contributed by atoms with Gasteiger partial charge in [-0.2, -0.15) is 8.42 Å². The topological polar surface area (TPSA) is 43.4 Å². The van der Waals surface area contributed by atoms with Gasteiger partial charge in [0.25, 0.3) is 10.1 Å². The highest BCUT2D eigenvalue weighted by atomic mass is 32.2. The van der Waals surface area contributed by atoms with Gasteiger partial charge >= 0.3 is 0 Å². The van der Waals surface area contributed by atoms with Gasteiger partial charge in [0.1, 0.15) is 0 Å². The highest BCUT2D eigenvalue weighted by Crippen LogP contribution is 2.14. The molecule has 2 rings (SSSR count). The van der Waals surface area contributed by atoms with Crippen molar-refractivity contribution in [2.24, 2.45) is 0 Å². The molecule has 2 aromatic rings. The lowest BCUT2D eigenvalue weighted by atomic mass is 10.1. The van der Waals surface area contributed by atoms with Crippen molar-refractivity contribution in [1.82, 2.24) is 0 Å². The van der Waals surface area contributed by atoms with Crippen LogP contribution in [0.25, 0.3) is 0 Å². The molecule has 0 saturated carbocycles. The second-order valence-corrected chi connectivity index (χ2v) is 8.76. The molecule has 0 unspecified atom stereocenters. The summed E-state index contributed by atoms with van der Waals surface area (Å²) in [6.07, 6.45) is 13.1. The second-order valence-electron chi connectivity index (χ2n) is 7.14. The van der Waals surface area contributed by atoms with Gasteiger partial charge in [0.15, 0.2) is 0 Å². The van der Waals surface area contributed by atoms with Gasteiger partial charge in [0.2, 0.25) is 0 Å². The molecule has 0 radical (unpaired) electrons. The SMILES string of the molecule is Cc1ccc(S(=O)(=O)OCCCCCCC/C=C/CCc2ccccc2)cc1. The van der Waals surface area contributed by atoms with Crippen molar-refractivity contribution in [3.63, 3.8) is 0 Å². The van der Waals surface area contributed by atoms with Crippen LogP contribution in [0.4, 0.5) is 0 Å². The van der Waals surface area contributed by atoms with Crippen molar-refractivity contribution >= 4 is 10.1 Å². The van der Waals surface area contributed by atoms with Crippen LogP contribution in [0.5, 0.6) is 0 Å². The van der Waals surface area contributed by atoms with E-state index in [2.05, 4.69) is 42.5 Å². The Morgan fingerprint density at radius 1 is 0.786 bits per heavy atom. The summed E-state index contributed by atoms with van der Waals surface area (Å²) in [5.74, 6) is 0. The molecule has 0 aliphatic rings. The number of benzene rings is 2. The third kappa shape index (κ3) is 8.85. The number of allylic oxidation sites excluding steroid dienone is 2. The molecule has 0 N–H and O–H groups in total. The molecule has 0 aromatic heterocycles. The lowest BCUT2D eigenvalue weighted by Gasteiger charge is -2.06. The normalized spacial score (nSPS) is 11.9. The van der Waals surface area contributed by atoms with Crippen molar-refractivity contribution in [2.45, 2.75) is 63.2 Å². The Morgan fingerprint density at radius 3 is 2.18 bits per heavy atom. The fourth-order valence-corrected chi connectivity index (χ4v) is 3.91. The summed E-state index contributed by atoms with van der Waals surface area (Å²) < 4.78 is 29.3. The highest BCUT2D eigenvalue weighted by Gasteiger charge is 2.14. The summed E-state index contributed by atoms with van der Waals surface area (Å²) >= 11 is 0. The zero-order valence-electron chi connectivity index (χ0n) is 16.8. The molecule has 2 aromatic carbocycles. The first-order chi connectivity index (χ1) is 13.6. The van der Waals surface area contributed by atoms with E-state index >= 15 is 0 Å². The predicted molar refractivity (Wildman–Crippen MR) is 116 cm³/mol. The second kappa shape index (κ2) is 12.5. The number of aryl methyl sites for hydroxylation is 2. The van der Waals surface area contributed by atoms with Crippen LogP contribution in [0.3, 0.4) is 0 Å². The lowest BCUT2D eigenvalue weighted by molar-refractivity contribution is 0.306. The van der Waals surface area contributed by atoms with Crippen LogP contribution in [-0.2, 0) is 20.7 Å². The largest absolute Gasteiger partial charge is 0.296 e. The molecule has 0 heterocycles. The zero-order valence-corrected chi connectivity index (χ0v) is 17.7. The van der Waals surface area contributed by atoms with Crippen LogP contribution in [0.2, 0.25) is 0 Å². The van der Waals surface area contributed by atoms with E-state index < -0.39 is 10.1 Å². The van der Waals surface area contributed by atoms with Gasteiger partial charge in [0, 0.05) is 0 Å². The molecule has 152 valence electrons. The summed E-state index contributed by atoms with van der Waals surface area (Å²) in [4.78, 5) is 0.233. The molecule has 0 amide bonds. The van der Waals surface area contributed by atoms with E-state index in [4.69, 9.17) is 4.18 Å². The summed E-state index contributed by atoms with van der Waals surface area (Å²) in [7, 11) is -3.62. The monoisotopic (exact) mass is 400 g/mol. The smallest absolute Gasteiger partial charge is 0.266 e. The van der Waals surface area contributed by atoms with Crippen molar-refractivity contribution in [3.05, 3.63) is 77.9 Å². The fourth-order valence-electron chi connectivity index (χ4n) is 2.97. The molecule has 0 bridgehead atoms. The maximum Gasteiger partial charge on any atom is 0.296 e. The Kier molecular flexibility index (Phi) is 10.0. The van der Waals surface area contributed by atoms with Crippen LogP contribution in [0.1, 0.15) is 56.1 Å². The fraction of sp³-hybridized carbons (Fsp3) is 0.417. The Hall–Kier alpha value is -1.91. The van der Waals surface area contributed by atoms with Crippen molar-refractivity contribution in [3.8, 4) is 0 Å². The molecular weight excluding hydrogens is 368 g/mol. The maximum atomic E-state index is 12.1. The molecule has 0 atom stereocenters. The van der Waals surface area contributed by atoms with E-state index in [9.17, 15) is 8.42 Å². The lowest BCUT2D eigenvalue weighted by Crippen LogP contribution is -2.07. The Labute approximate surface area is 170 Å². The summed E-state index contributed by atoms with van der Waals surface area (Å²) in [6, 6.07) is 17.3. The number of rotatable bonds is 13. The van der Waals surface area contributed by atoms with Crippen molar-refractivity contribution in [2.75, 3.05) is 6.61 Å². The molecule has 0 aliphatic carbocycles. The van der Waals surface area contributed by atoms with E-state index in [-0.39, 0.29) is 11.5 Å². The van der Waals surface area contributed by atoms with Crippen LogP contribution in [-0.4, -0.2) is 15.0 Å². The number of unbranched alkanes of at least 4 members (excludes halogenated alkanes) is 5. The average molecular weight is 401 g/mol. The first-order valence-electron chi connectivity index (χ1n) is 10.2. The van der Waals surface area contributed by atoms with Crippen LogP contribution in [0.15, 0.2) is 71.6 Å². The molecule has 0 saturated heterocycles. The predicted octanol–water partition coefficient (Wildman–Crippen LogP) is 6.23. The van der Waals surface area contributed by atoms with Gasteiger partial charge in [-0.3, -0.25) is 4.18 Å². The van der Waals surface area contributed by atoms with E-state index in [1.54, 1.807) is 24.3 Å². The van der Waals surface area contributed by atoms with Crippen molar-refractivity contribution < 1.29 is 12.6 Å². The standard InChI is InChI=1S/C24H32O3S/c1-22-17-19-24(20-18-22)28(25,26)27-21-13-8-6-4-2-3-5-7-10-14-23-15-11-9-12-16-23/h5,7,9,11-12,15-20H,2-4,6,8,10,13-14,21H2,1H3/b7-5+. The Morgan fingerprint density at radius 2 is 1.43 bits per heavy atom. The first-order valence-corrected chi connectivity index (χ1v) is 11.6. The van der Waals surface area contributed by atoms with Gasteiger partial charge in [-0.15, -0.1) is 0 Å². The molecule has 3 nitrogen and oxygen atoms in total. The van der Waals surface area contributed by atoms with E-state index in [1.165, 1.54) is 18.4 Å². The molecular formula is C24H32O3S. The first kappa shape index (κ1) is 22.4. The molecule has 0 spiro atoms. The van der Waals surface area contributed by atoms with E-state index in [1.807, 2.05) is 6.92 Å². The van der Waals surface area contributed by atoms with Gasteiger partial charge in [-0.05, 0) is 56.7 Å². The van der Waals surface area contributed by atoms with Crippen LogP contribution < -0.4 is 0 Å². The van der Waals surface area contributed by atoms with Gasteiger partial charge in [-0.25, -0.2) is 0 Å². The molecule has 0 aliphatic heterocycles. The molecule has 0 fully saturated rings. The Bertz CT molecular complexity index is 794. The summed E-state index contributed by atoms with van der Waals surface area (Å²) in [6.45, 7) is 2.19. The third-order valence-electron chi connectivity index (χ3n) is 4.67. The number of hydrogen-bond donors (Lipinski definition) is 0. The minimum absolute atomic E-state index is 0.233. The third-order valence-corrected chi connectivity index (χ3v) is 6.00. The van der Waals surface area contributed by atoms with E-state index in [0.717, 1.165) is 44.1 Å². The summed E-state index contributed by atoms with van der Waals surface area (Å²) in [5, 5.41) is 0. The van der Waals surface area contributed by atoms with Gasteiger partial charge in [-0.1, -0.05) is 79.4 Å². The minimum atomic E-state index is -3.62. The zero-order chi connectivity index (χ0) is 20.1. The average Bonchev–Trinajstić information content (AvgIpc) is 2.70. The minimum Gasteiger partial charge on any atom is -0.266 e. The maximum absolute atomic E-state index is 12.1. The van der Waals surface area contributed by atoms with Gasteiger partial charge < -0.3 is 0 Å². The molecule has 28 heavy (non-hydrogen) atoms. The highest BCUT2D eigenvalue weighted by molar-refractivity contribution is 7.86.